The summed E-state index contributed by atoms with van der Waals surface area (Å²) >= 11 is 0. The molecule has 0 saturated heterocycles. The van der Waals surface area contributed by atoms with Crippen molar-refractivity contribution < 1.29 is 14.3 Å². The molecule has 1 heterocycles. The van der Waals surface area contributed by atoms with Crippen LogP contribution in [0.1, 0.15) is 27.8 Å². The van der Waals surface area contributed by atoms with Gasteiger partial charge in [-0.25, -0.2) is 14.8 Å². The number of anilines is 3. The summed E-state index contributed by atoms with van der Waals surface area (Å²) in [5.41, 5.74) is 2.13. The predicted molar refractivity (Wildman–Crippen MR) is 107 cm³/mol. The first-order valence-corrected chi connectivity index (χ1v) is 8.78. The highest BCUT2D eigenvalue weighted by Crippen LogP contribution is 2.20. The molecular weight excluding hydrogens is 356 g/mol. The quantitative estimate of drug-likeness (QED) is 0.661. The van der Waals surface area contributed by atoms with Gasteiger partial charge in [0.1, 0.15) is 5.69 Å². The van der Waals surface area contributed by atoms with Crippen LogP contribution < -0.4 is 10.2 Å². The Balaban J connectivity index is 1.65. The molecule has 28 heavy (non-hydrogen) atoms. The second-order valence-corrected chi connectivity index (χ2v) is 5.91. The van der Waals surface area contributed by atoms with Gasteiger partial charge in [-0.3, -0.25) is 4.79 Å². The van der Waals surface area contributed by atoms with Crippen molar-refractivity contribution in [3.63, 3.8) is 0 Å². The predicted octanol–water partition coefficient (Wildman–Crippen LogP) is 3.67. The Morgan fingerprint density at radius 3 is 2.32 bits per heavy atom. The standard InChI is InChI=1S/C21H20N4O3/c1-3-28-21(27)15-9-11-16(12-10-15)24-20(26)18-13-23-19(14-22-18)25(2)17-7-5-4-6-8-17/h4-14H,3H2,1-2H3,(H,24,26). The summed E-state index contributed by atoms with van der Waals surface area (Å²) in [7, 11) is 1.88. The van der Waals surface area contributed by atoms with E-state index in [4.69, 9.17) is 4.74 Å². The molecule has 142 valence electrons. The molecule has 1 amide bonds. The summed E-state index contributed by atoms with van der Waals surface area (Å²) in [5.74, 6) is -0.156. The summed E-state index contributed by atoms with van der Waals surface area (Å²) in [4.78, 5) is 34.4. The van der Waals surface area contributed by atoms with Crippen molar-refractivity contribution in [2.45, 2.75) is 6.92 Å². The first-order valence-electron chi connectivity index (χ1n) is 8.78. The number of aromatic nitrogens is 2. The maximum Gasteiger partial charge on any atom is 0.338 e. The van der Waals surface area contributed by atoms with Crippen LogP contribution in [0.15, 0.2) is 67.0 Å². The Bertz CT molecular complexity index is 942. The minimum atomic E-state index is -0.399. The van der Waals surface area contributed by atoms with Crippen molar-refractivity contribution in [1.29, 1.82) is 0 Å². The van der Waals surface area contributed by atoms with Crippen molar-refractivity contribution in [3.8, 4) is 0 Å². The van der Waals surface area contributed by atoms with E-state index in [1.54, 1.807) is 37.4 Å². The van der Waals surface area contributed by atoms with E-state index >= 15 is 0 Å². The van der Waals surface area contributed by atoms with E-state index in [-0.39, 0.29) is 11.6 Å². The molecule has 0 bridgehead atoms. The number of carbonyl (C=O) groups is 2. The fourth-order valence-corrected chi connectivity index (χ4v) is 2.49. The Morgan fingerprint density at radius 1 is 1.00 bits per heavy atom. The summed E-state index contributed by atoms with van der Waals surface area (Å²) < 4.78 is 4.93. The Hall–Kier alpha value is -3.74. The summed E-state index contributed by atoms with van der Waals surface area (Å²) in [5, 5.41) is 2.73. The van der Waals surface area contributed by atoms with Crippen LogP contribution in [0.3, 0.4) is 0 Å². The van der Waals surface area contributed by atoms with E-state index in [9.17, 15) is 9.59 Å². The molecule has 1 aromatic heterocycles. The van der Waals surface area contributed by atoms with Gasteiger partial charge in [0.05, 0.1) is 24.6 Å². The van der Waals surface area contributed by atoms with E-state index in [1.807, 2.05) is 42.3 Å². The van der Waals surface area contributed by atoms with E-state index in [1.165, 1.54) is 6.20 Å². The average molecular weight is 376 g/mol. The maximum absolute atomic E-state index is 12.4. The number of rotatable bonds is 6. The van der Waals surface area contributed by atoms with Crippen LogP contribution in [0.4, 0.5) is 17.2 Å². The van der Waals surface area contributed by atoms with Crippen LogP contribution in [0.25, 0.3) is 0 Å². The normalized spacial score (nSPS) is 10.2. The van der Waals surface area contributed by atoms with Gasteiger partial charge < -0.3 is 15.0 Å². The average Bonchev–Trinajstić information content (AvgIpc) is 2.74. The monoisotopic (exact) mass is 376 g/mol. The molecule has 0 atom stereocenters. The molecule has 0 fully saturated rings. The molecular formula is C21H20N4O3. The highest BCUT2D eigenvalue weighted by atomic mass is 16.5. The van der Waals surface area contributed by atoms with Crippen molar-refractivity contribution in [1.82, 2.24) is 9.97 Å². The third-order valence-corrected chi connectivity index (χ3v) is 4.01. The number of para-hydroxylation sites is 1. The van der Waals surface area contributed by atoms with Gasteiger partial charge in [-0.1, -0.05) is 18.2 Å². The van der Waals surface area contributed by atoms with Crippen LogP contribution in [0.2, 0.25) is 0 Å². The summed E-state index contributed by atoms with van der Waals surface area (Å²) in [6.45, 7) is 2.06. The molecule has 0 radical (unpaired) electrons. The molecule has 0 unspecified atom stereocenters. The van der Waals surface area contributed by atoms with E-state index < -0.39 is 5.97 Å². The maximum atomic E-state index is 12.4. The lowest BCUT2D eigenvalue weighted by Gasteiger charge is -2.17. The van der Waals surface area contributed by atoms with Crippen molar-refractivity contribution in [3.05, 3.63) is 78.2 Å². The fraction of sp³-hybridized carbons (Fsp3) is 0.143. The smallest absolute Gasteiger partial charge is 0.338 e. The number of nitrogens with zero attached hydrogens (tertiary/aromatic N) is 3. The van der Waals surface area contributed by atoms with Gasteiger partial charge in [0.15, 0.2) is 5.82 Å². The molecule has 1 N–H and O–H groups in total. The van der Waals surface area contributed by atoms with Gasteiger partial charge in [0.2, 0.25) is 0 Å². The van der Waals surface area contributed by atoms with E-state index in [0.29, 0.717) is 23.7 Å². The van der Waals surface area contributed by atoms with Crippen LogP contribution in [-0.4, -0.2) is 35.5 Å². The number of hydrogen-bond acceptors (Lipinski definition) is 6. The number of carbonyl (C=O) groups excluding carboxylic acids is 2. The number of ether oxygens (including phenoxy) is 1. The first kappa shape index (κ1) is 19.0. The van der Waals surface area contributed by atoms with Gasteiger partial charge in [-0.05, 0) is 43.3 Å². The van der Waals surface area contributed by atoms with Gasteiger partial charge in [0, 0.05) is 18.4 Å². The number of benzene rings is 2. The molecule has 2 aromatic carbocycles. The molecule has 0 aliphatic carbocycles. The van der Waals surface area contributed by atoms with E-state index in [0.717, 1.165) is 5.69 Å². The number of hydrogen-bond donors (Lipinski definition) is 1. The fourth-order valence-electron chi connectivity index (χ4n) is 2.49. The zero-order chi connectivity index (χ0) is 19.9. The Morgan fingerprint density at radius 2 is 1.71 bits per heavy atom. The minimum absolute atomic E-state index is 0.194. The third kappa shape index (κ3) is 4.50. The van der Waals surface area contributed by atoms with Crippen molar-refractivity contribution in [2.75, 3.05) is 23.9 Å². The largest absolute Gasteiger partial charge is 0.462 e. The molecule has 0 saturated carbocycles. The van der Waals surface area contributed by atoms with Crippen molar-refractivity contribution >= 4 is 29.1 Å². The lowest BCUT2D eigenvalue weighted by atomic mass is 10.2. The van der Waals surface area contributed by atoms with Crippen LogP contribution in [-0.2, 0) is 4.74 Å². The number of esters is 1. The molecule has 0 aliphatic heterocycles. The molecule has 7 heteroatoms. The van der Waals surface area contributed by atoms with E-state index in [2.05, 4.69) is 15.3 Å². The highest BCUT2D eigenvalue weighted by molar-refractivity contribution is 6.03. The van der Waals surface area contributed by atoms with Gasteiger partial charge in [0.25, 0.3) is 5.91 Å². The molecule has 3 aromatic rings. The summed E-state index contributed by atoms with van der Waals surface area (Å²) in [6, 6.07) is 16.2. The minimum Gasteiger partial charge on any atom is -0.462 e. The Kier molecular flexibility index (Phi) is 5.96. The molecule has 0 aliphatic rings. The Labute approximate surface area is 163 Å². The van der Waals surface area contributed by atoms with Crippen LogP contribution >= 0.6 is 0 Å². The second-order valence-electron chi connectivity index (χ2n) is 5.91. The molecule has 3 rings (SSSR count). The van der Waals surface area contributed by atoms with Crippen LogP contribution in [0.5, 0.6) is 0 Å². The number of amides is 1. The van der Waals surface area contributed by atoms with Crippen LogP contribution in [0, 0.1) is 0 Å². The second kappa shape index (κ2) is 8.77. The highest BCUT2D eigenvalue weighted by Gasteiger charge is 2.12. The molecule has 0 spiro atoms. The lowest BCUT2D eigenvalue weighted by molar-refractivity contribution is 0.0526. The first-order chi connectivity index (χ1) is 13.6. The van der Waals surface area contributed by atoms with Crippen molar-refractivity contribution in [2.24, 2.45) is 0 Å². The molecule has 7 nitrogen and oxygen atoms in total. The third-order valence-electron chi connectivity index (χ3n) is 4.01. The zero-order valence-electron chi connectivity index (χ0n) is 15.6. The van der Waals surface area contributed by atoms with Gasteiger partial charge in [-0.15, -0.1) is 0 Å². The topological polar surface area (TPSA) is 84.4 Å². The zero-order valence-corrected chi connectivity index (χ0v) is 15.6. The summed E-state index contributed by atoms with van der Waals surface area (Å²) in [6.07, 6.45) is 2.98. The van der Waals surface area contributed by atoms with Gasteiger partial charge in [-0.2, -0.15) is 0 Å². The lowest BCUT2D eigenvalue weighted by Crippen LogP contribution is -2.16. The SMILES string of the molecule is CCOC(=O)c1ccc(NC(=O)c2cnc(N(C)c3ccccc3)cn2)cc1. The van der Waals surface area contributed by atoms with Gasteiger partial charge >= 0.3 is 5.97 Å². The number of nitrogens with one attached hydrogen (secondary N) is 1.